The Balaban J connectivity index is 4.92. The summed E-state index contributed by atoms with van der Waals surface area (Å²) >= 11 is 0. The minimum atomic E-state index is -1.78. The zero-order valence-corrected chi connectivity index (χ0v) is 11.2. The van der Waals surface area contributed by atoms with Crippen LogP contribution in [-0.4, -0.2) is 27.1 Å². The lowest BCUT2D eigenvalue weighted by Gasteiger charge is -2.14. The number of hydrogen-bond acceptors (Lipinski definition) is 5. The molecule has 0 saturated heterocycles. The largest absolute Gasteiger partial charge is 0.465 e. The van der Waals surface area contributed by atoms with Gasteiger partial charge in [0.2, 0.25) is 0 Å². The van der Waals surface area contributed by atoms with E-state index in [-0.39, 0.29) is 5.57 Å². The number of ether oxygens (including phenoxy) is 1. The fourth-order valence-corrected chi connectivity index (χ4v) is 1.15. The van der Waals surface area contributed by atoms with Gasteiger partial charge in [0.15, 0.2) is 0 Å². The molecule has 0 spiro atoms. The maximum absolute atomic E-state index is 11.3. The van der Waals surface area contributed by atoms with Crippen LogP contribution in [0.1, 0.15) is 6.92 Å². The Hall–Kier alpha value is -1.61. The van der Waals surface area contributed by atoms with Crippen LogP contribution in [0.5, 0.6) is 0 Å². The third-order valence-corrected chi connectivity index (χ3v) is 2.10. The Labute approximate surface area is 96.5 Å². The number of hydrogen-bond donors (Lipinski definition) is 0. The summed E-state index contributed by atoms with van der Waals surface area (Å²) < 4.78 is 9.82. The number of nitrogens with zero attached hydrogens (tertiary/aromatic N) is 2. The second-order valence-corrected chi connectivity index (χ2v) is 8.47. The first-order valence-electron chi connectivity index (χ1n) is 4.73. The standard InChI is InChI=1S/C10H16N2O3Si/c1-8(12-15-16(3,4)5)9(6-7-11)10(13)14-2/h6H,1-5H3/b9-6+,12-8+. The molecule has 0 atom stereocenters. The molecule has 0 aromatic heterocycles. The van der Waals surface area contributed by atoms with E-state index in [4.69, 9.17) is 9.79 Å². The summed E-state index contributed by atoms with van der Waals surface area (Å²) in [6.45, 7) is 7.50. The van der Waals surface area contributed by atoms with Crippen molar-refractivity contribution in [1.82, 2.24) is 0 Å². The predicted molar refractivity (Wildman–Crippen MR) is 63.3 cm³/mol. The third kappa shape index (κ3) is 5.31. The van der Waals surface area contributed by atoms with Crippen LogP contribution in [0.4, 0.5) is 0 Å². The van der Waals surface area contributed by atoms with Gasteiger partial charge < -0.3 is 9.26 Å². The van der Waals surface area contributed by atoms with Crippen LogP contribution >= 0.6 is 0 Å². The predicted octanol–water partition coefficient (Wildman–Crippen LogP) is 1.84. The van der Waals surface area contributed by atoms with Gasteiger partial charge in [-0.2, -0.15) is 5.26 Å². The van der Waals surface area contributed by atoms with Crippen molar-refractivity contribution >= 4 is 20.0 Å². The topological polar surface area (TPSA) is 71.7 Å². The van der Waals surface area contributed by atoms with Crippen molar-refractivity contribution in [3.63, 3.8) is 0 Å². The van der Waals surface area contributed by atoms with E-state index in [0.717, 1.165) is 6.08 Å². The first kappa shape index (κ1) is 14.4. The maximum atomic E-state index is 11.3. The second-order valence-electron chi connectivity index (χ2n) is 4.06. The zero-order valence-electron chi connectivity index (χ0n) is 10.2. The van der Waals surface area contributed by atoms with E-state index >= 15 is 0 Å². The molecule has 0 fully saturated rings. The van der Waals surface area contributed by atoms with Crippen LogP contribution in [0.15, 0.2) is 16.8 Å². The smallest absolute Gasteiger partial charge is 0.340 e. The van der Waals surface area contributed by atoms with E-state index in [9.17, 15) is 4.79 Å². The minimum Gasteiger partial charge on any atom is -0.465 e. The second kappa shape index (κ2) is 6.08. The fraction of sp³-hybridized carbons (Fsp3) is 0.500. The van der Waals surface area contributed by atoms with Gasteiger partial charge in [-0.15, -0.1) is 5.16 Å². The van der Waals surface area contributed by atoms with Crippen molar-refractivity contribution in [2.45, 2.75) is 26.6 Å². The van der Waals surface area contributed by atoms with Crippen LogP contribution in [0.3, 0.4) is 0 Å². The van der Waals surface area contributed by atoms with E-state index < -0.39 is 14.3 Å². The number of allylic oxidation sites excluding steroid dienone is 1. The number of methoxy groups -OCH3 is 1. The van der Waals surface area contributed by atoms with Crippen LogP contribution in [-0.2, 0) is 14.1 Å². The van der Waals surface area contributed by atoms with Gasteiger partial charge in [-0.1, -0.05) is 0 Å². The molecule has 5 nitrogen and oxygen atoms in total. The molecule has 0 bridgehead atoms. The van der Waals surface area contributed by atoms with Gasteiger partial charge in [-0.25, -0.2) is 4.79 Å². The molecule has 0 N–H and O–H groups in total. The van der Waals surface area contributed by atoms with E-state index in [1.54, 1.807) is 13.0 Å². The van der Waals surface area contributed by atoms with Crippen LogP contribution in [0.2, 0.25) is 19.6 Å². The third-order valence-electron chi connectivity index (χ3n) is 1.46. The van der Waals surface area contributed by atoms with Crippen LogP contribution in [0, 0.1) is 11.3 Å². The average molecular weight is 240 g/mol. The molecule has 16 heavy (non-hydrogen) atoms. The quantitative estimate of drug-likeness (QED) is 0.188. The molecule has 0 heterocycles. The Morgan fingerprint density at radius 1 is 1.44 bits per heavy atom. The molecule has 88 valence electrons. The van der Waals surface area contributed by atoms with Crippen molar-refractivity contribution in [3.8, 4) is 6.07 Å². The van der Waals surface area contributed by atoms with Gasteiger partial charge in [0.1, 0.15) is 0 Å². The summed E-state index contributed by atoms with van der Waals surface area (Å²) in [6, 6.07) is 1.77. The van der Waals surface area contributed by atoms with Crippen LogP contribution in [0.25, 0.3) is 0 Å². The van der Waals surface area contributed by atoms with E-state index in [1.807, 2.05) is 19.6 Å². The van der Waals surface area contributed by atoms with Gasteiger partial charge in [0.05, 0.1) is 24.5 Å². The fourth-order valence-electron chi connectivity index (χ4n) is 0.740. The summed E-state index contributed by atoms with van der Waals surface area (Å²) in [5, 5.41) is 12.4. The average Bonchev–Trinajstić information content (AvgIpc) is 2.20. The molecule has 0 aromatic carbocycles. The molecule has 6 heteroatoms. The molecule has 0 aliphatic heterocycles. The molecular formula is C10H16N2O3Si. The normalized spacial score (nSPS) is 13.0. The highest BCUT2D eigenvalue weighted by Gasteiger charge is 2.18. The van der Waals surface area contributed by atoms with Crippen molar-refractivity contribution in [3.05, 3.63) is 11.6 Å². The summed E-state index contributed by atoms with van der Waals surface area (Å²) in [4.78, 5) is 11.3. The molecule has 0 rings (SSSR count). The van der Waals surface area contributed by atoms with Crippen LogP contribution < -0.4 is 0 Å². The van der Waals surface area contributed by atoms with Gasteiger partial charge in [-0.3, -0.25) is 0 Å². The highest BCUT2D eigenvalue weighted by molar-refractivity contribution is 6.69. The van der Waals surface area contributed by atoms with E-state index in [2.05, 4.69) is 9.89 Å². The Morgan fingerprint density at radius 3 is 2.38 bits per heavy atom. The lowest BCUT2D eigenvalue weighted by molar-refractivity contribution is -0.135. The lowest BCUT2D eigenvalue weighted by atomic mass is 10.2. The number of carbonyl (C=O) groups is 1. The SMILES string of the molecule is COC(=O)C(=C/C#N)/C(C)=N/O[Si](C)(C)C. The van der Waals surface area contributed by atoms with E-state index in [0.29, 0.717) is 5.71 Å². The first-order valence-corrected chi connectivity index (χ1v) is 8.14. The summed E-state index contributed by atoms with van der Waals surface area (Å²) in [6.07, 6.45) is 1.10. The van der Waals surface area contributed by atoms with E-state index in [1.165, 1.54) is 7.11 Å². The monoisotopic (exact) mass is 240 g/mol. The molecule has 0 amide bonds. The van der Waals surface area contributed by atoms with Crippen molar-refractivity contribution in [2.75, 3.05) is 7.11 Å². The number of oxime groups is 1. The summed E-state index contributed by atoms with van der Waals surface area (Å²) in [7, 11) is -0.533. The molecule has 0 aliphatic carbocycles. The summed E-state index contributed by atoms with van der Waals surface area (Å²) in [5.41, 5.74) is 0.457. The molecule has 0 aromatic rings. The Morgan fingerprint density at radius 2 is 2.00 bits per heavy atom. The highest BCUT2D eigenvalue weighted by Crippen LogP contribution is 2.07. The number of carbonyl (C=O) groups excluding carboxylic acids is 1. The minimum absolute atomic E-state index is 0.114. The Kier molecular flexibility index (Phi) is 5.46. The zero-order chi connectivity index (χ0) is 12.8. The molecule has 0 saturated carbocycles. The number of esters is 1. The first-order chi connectivity index (χ1) is 7.31. The maximum Gasteiger partial charge on any atom is 0.340 e. The Bertz CT molecular complexity index is 361. The summed E-state index contributed by atoms with van der Waals surface area (Å²) in [5.74, 6) is -0.595. The van der Waals surface area contributed by atoms with Gasteiger partial charge >= 0.3 is 5.97 Å². The van der Waals surface area contributed by atoms with Crippen molar-refractivity contribution in [2.24, 2.45) is 5.16 Å². The number of nitriles is 1. The van der Waals surface area contributed by atoms with Crippen molar-refractivity contribution in [1.29, 1.82) is 5.26 Å². The molecule has 0 radical (unpaired) electrons. The van der Waals surface area contributed by atoms with Gasteiger partial charge in [-0.05, 0) is 26.6 Å². The molecule has 0 aliphatic rings. The molecular weight excluding hydrogens is 224 g/mol. The number of rotatable bonds is 4. The van der Waals surface area contributed by atoms with Gasteiger partial charge in [0, 0.05) is 6.08 Å². The highest BCUT2D eigenvalue weighted by atomic mass is 28.4. The lowest BCUT2D eigenvalue weighted by Crippen LogP contribution is -2.23. The van der Waals surface area contributed by atoms with Crippen molar-refractivity contribution < 1.29 is 14.1 Å². The molecule has 0 unspecified atom stereocenters. The van der Waals surface area contributed by atoms with Gasteiger partial charge in [0.25, 0.3) is 8.32 Å².